The highest BCUT2D eigenvalue weighted by Crippen LogP contribution is 2.28. The summed E-state index contributed by atoms with van der Waals surface area (Å²) in [5.74, 6) is 1.47. The number of ether oxygens (including phenoxy) is 1. The second-order valence-electron chi connectivity index (χ2n) is 3.73. The van der Waals surface area contributed by atoms with Gasteiger partial charge in [-0.05, 0) is 30.7 Å². The summed E-state index contributed by atoms with van der Waals surface area (Å²) in [6.07, 6.45) is 0. The molecule has 2 aromatic rings. The minimum Gasteiger partial charge on any atom is -0.439 e. The minimum atomic E-state index is 0.433. The smallest absolute Gasteiger partial charge is 0.219 e. The molecule has 94 valence electrons. The zero-order valence-electron chi connectivity index (χ0n) is 9.58. The van der Waals surface area contributed by atoms with Crippen LogP contribution < -0.4 is 4.74 Å². The monoisotopic (exact) mass is 301 g/mol. The van der Waals surface area contributed by atoms with Gasteiger partial charge in [0, 0.05) is 27.7 Å². The first kappa shape index (κ1) is 13.5. The molecule has 5 heteroatoms. The lowest BCUT2D eigenvalue weighted by molar-refractivity contribution is 0.461. The lowest BCUT2D eigenvalue weighted by atomic mass is 10.2. The quantitative estimate of drug-likeness (QED) is 0.724. The van der Waals surface area contributed by atoms with Crippen LogP contribution in [-0.4, -0.2) is 4.98 Å². The number of aryl methyl sites for hydroxylation is 1. The summed E-state index contributed by atoms with van der Waals surface area (Å²) in [5, 5.41) is 1.04. The van der Waals surface area contributed by atoms with Crippen LogP contribution >= 0.6 is 34.8 Å². The van der Waals surface area contributed by atoms with Crippen molar-refractivity contribution in [3.8, 4) is 11.6 Å². The maximum absolute atomic E-state index is 5.89. The molecule has 0 N–H and O–H groups in total. The number of nitrogens with zero attached hydrogens (tertiary/aromatic N) is 1. The van der Waals surface area contributed by atoms with Gasteiger partial charge in [-0.25, -0.2) is 4.98 Å². The Kier molecular flexibility index (Phi) is 4.33. The second kappa shape index (κ2) is 5.79. The molecule has 0 aliphatic carbocycles. The van der Waals surface area contributed by atoms with Crippen LogP contribution in [0.1, 0.15) is 11.3 Å². The number of alkyl halides is 1. The summed E-state index contributed by atoms with van der Waals surface area (Å²) >= 11 is 17.6. The van der Waals surface area contributed by atoms with Gasteiger partial charge in [0.25, 0.3) is 0 Å². The summed E-state index contributed by atoms with van der Waals surface area (Å²) < 4.78 is 5.60. The van der Waals surface area contributed by atoms with E-state index in [9.17, 15) is 0 Å². The topological polar surface area (TPSA) is 22.1 Å². The van der Waals surface area contributed by atoms with Gasteiger partial charge in [-0.1, -0.05) is 29.3 Å². The molecule has 0 unspecified atom stereocenters. The zero-order valence-corrected chi connectivity index (χ0v) is 11.9. The van der Waals surface area contributed by atoms with Crippen LogP contribution in [0.2, 0.25) is 10.0 Å². The van der Waals surface area contributed by atoms with Crippen LogP contribution in [0.25, 0.3) is 0 Å². The van der Waals surface area contributed by atoms with E-state index in [2.05, 4.69) is 4.98 Å². The Morgan fingerprint density at radius 2 is 1.78 bits per heavy atom. The Labute approximate surface area is 120 Å². The lowest BCUT2D eigenvalue weighted by Gasteiger charge is -2.08. The van der Waals surface area contributed by atoms with E-state index in [-0.39, 0.29) is 0 Å². The van der Waals surface area contributed by atoms with E-state index >= 15 is 0 Å². The summed E-state index contributed by atoms with van der Waals surface area (Å²) in [7, 11) is 0. The fourth-order valence-corrected chi connectivity index (χ4v) is 2.26. The van der Waals surface area contributed by atoms with E-state index in [4.69, 9.17) is 39.5 Å². The van der Waals surface area contributed by atoms with Crippen LogP contribution in [0.15, 0.2) is 30.3 Å². The molecule has 0 aliphatic heterocycles. The molecule has 0 atom stereocenters. The van der Waals surface area contributed by atoms with Gasteiger partial charge in [0.05, 0.1) is 0 Å². The number of rotatable bonds is 3. The first-order valence-corrected chi connectivity index (χ1v) is 6.54. The minimum absolute atomic E-state index is 0.433. The van der Waals surface area contributed by atoms with Crippen molar-refractivity contribution < 1.29 is 4.74 Å². The van der Waals surface area contributed by atoms with E-state index < -0.39 is 0 Å². The number of hydrogen-bond acceptors (Lipinski definition) is 2. The van der Waals surface area contributed by atoms with Gasteiger partial charge in [0.1, 0.15) is 5.75 Å². The number of hydrogen-bond donors (Lipinski definition) is 0. The molecule has 1 aromatic heterocycles. The highest BCUT2D eigenvalue weighted by molar-refractivity contribution is 6.34. The van der Waals surface area contributed by atoms with Gasteiger partial charge >= 0.3 is 0 Å². The molecule has 0 radical (unpaired) electrons. The Morgan fingerprint density at radius 3 is 2.33 bits per heavy atom. The molecule has 2 rings (SSSR count). The van der Waals surface area contributed by atoms with Crippen LogP contribution in [0.4, 0.5) is 0 Å². The largest absolute Gasteiger partial charge is 0.439 e. The summed E-state index contributed by atoms with van der Waals surface area (Å²) in [5.41, 5.74) is 1.82. The van der Waals surface area contributed by atoms with Gasteiger partial charge in [-0.15, -0.1) is 11.6 Å². The van der Waals surface area contributed by atoms with Gasteiger partial charge in [-0.2, -0.15) is 0 Å². The Hall–Kier alpha value is -0.960. The Bertz CT molecular complexity index is 552. The van der Waals surface area contributed by atoms with Crippen LogP contribution in [0, 0.1) is 6.92 Å². The van der Waals surface area contributed by atoms with Gasteiger partial charge in [-0.3, -0.25) is 0 Å². The number of halogens is 3. The normalized spacial score (nSPS) is 10.4. The molecule has 0 fully saturated rings. The molecule has 0 spiro atoms. The van der Waals surface area contributed by atoms with E-state index in [0.29, 0.717) is 27.6 Å². The third-order valence-electron chi connectivity index (χ3n) is 2.37. The predicted molar refractivity (Wildman–Crippen MR) is 75.1 cm³/mol. The van der Waals surface area contributed by atoms with Crippen molar-refractivity contribution >= 4 is 34.8 Å². The number of benzene rings is 1. The standard InChI is InChI=1S/C13H10Cl3NO/c1-8-9(7-14)2-3-13(17-8)18-12-5-10(15)4-11(16)6-12/h2-6H,7H2,1H3. The highest BCUT2D eigenvalue weighted by atomic mass is 35.5. The number of pyridine rings is 1. The van der Waals surface area contributed by atoms with E-state index in [1.807, 2.05) is 13.0 Å². The van der Waals surface area contributed by atoms with Crippen molar-refractivity contribution in [2.75, 3.05) is 0 Å². The Balaban J connectivity index is 2.25. The summed E-state index contributed by atoms with van der Waals surface area (Å²) in [6.45, 7) is 1.88. The molecule has 0 saturated heterocycles. The molecule has 2 nitrogen and oxygen atoms in total. The molecule has 0 bridgehead atoms. The predicted octanol–water partition coefficient (Wildman–Crippen LogP) is 5.23. The van der Waals surface area contributed by atoms with Crippen LogP contribution in [0.3, 0.4) is 0 Å². The molecule has 1 heterocycles. The fourth-order valence-electron chi connectivity index (χ4n) is 1.47. The zero-order chi connectivity index (χ0) is 13.1. The summed E-state index contributed by atoms with van der Waals surface area (Å²) in [4.78, 5) is 4.31. The molecule has 0 aliphatic rings. The third kappa shape index (κ3) is 3.29. The van der Waals surface area contributed by atoms with Gasteiger partial charge in [0.2, 0.25) is 5.88 Å². The first-order chi connectivity index (χ1) is 8.58. The van der Waals surface area contributed by atoms with Crippen molar-refractivity contribution in [3.63, 3.8) is 0 Å². The highest BCUT2D eigenvalue weighted by Gasteiger charge is 2.04. The van der Waals surface area contributed by atoms with Crippen molar-refractivity contribution in [3.05, 3.63) is 51.6 Å². The van der Waals surface area contributed by atoms with Crippen molar-refractivity contribution in [2.24, 2.45) is 0 Å². The van der Waals surface area contributed by atoms with Crippen molar-refractivity contribution in [1.29, 1.82) is 0 Å². The average Bonchev–Trinajstić information content (AvgIpc) is 2.27. The molecule has 18 heavy (non-hydrogen) atoms. The first-order valence-electron chi connectivity index (χ1n) is 5.25. The van der Waals surface area contributed by atoms with Crippen LogP contribution in [-0.2, 0) is 5.88 Å². The van der Waals surface area contributed by atoms with E-state index in [1.165, 1.54) is 0 Å². The van der Waals surface area contributed by atoms with E-state index in [1.54, 1.807) is 24.3 Å². The number of aromatic nitrogens is 1. The maximum atomic E-state index is 5.89. The molecular formula is C13H10Cl3NO. The van der Waals surface area contributed by atoms with Gasteiger partial charge < -0.3 is 4.74 Å². The second-order valence-corrected chi connectivity index (χ2v) is 4.87. The summed E-state index contributed by atoms with van der Waals surface area (Å²) in [6, 6.07) is 8.65. The fraction of sp³-hybridized carbons (Fsp3) is 0.154. The molecular weight excluding hydrogens is 293 g/mol. The third-order valence-corrected chi connectivity index (χ3v) is 3.10. The van der Waals surface area contributed by atoms with Crippen molar-refractivity contribution in [1.82, 2.24) is 4.98 Å². The molecule has 0 amide bonds. The maximum Gasteiger partial charge on any atom is 0.219 e. The Morgan fingerprint density at radius 1 is 1.11 bits per heavy atom. The van der Waals surface area contributed by atoms with E-state index in [0.717, 1.165) is 11.3 Å². The van der Waals surface area contributed by atoms with Gasteiger partial charge in [0.15, 0.2) is 0 Å². The SMILES string of the molecule is Cc1nc(Oc2cc(Cl)cc(Cl)c2)ccc1CCl. The van der Waals surface area contributed by atoms with Crippen molar-refractivity contribution in [2.45, 2.75) is 12.8 Å². The van der Waals surface area contributed by atoms with Crippen LogP contribution in [0.5, 0.6) is 11.6 Å². The molecule has 0 saturated carbocycles. The lowest BCUT2D eigenvalue weighted by Crippen LogP contribution is -1.93. The molecule has 1 aromatic carbocycles. The average molecular weight is 303 g/mol.